The van der Waals surface area contributed by atoms with Crippen LogP contribution in [-0.2, 0) is 19.6 Å². The number of hydrogen-bond donors (Lipinski definition) is 1. The first kappa shape index (κ1) is 15.6. The molecule has 21 heavy (non-hydrogen) atoms. The predicted octanol–water partition coefficient (Wildman–Crippen LogP) is 3.51. The Morgan fingerprint density at radius 3 is 2.71 bits per heavy atom. The first-order chi connectivity index (χ1) is 10.1. The van der Waals surface area contributed by atoms with E-state index >= 15 is 0 Å². The number of nitrogens with zero attached hydrogens (tertiary/aromatic N) is 2. The molecule has 1 aromatic carbocycles. The van der Waals surface area contributed by atoms with Crippen molar-refractivity contribution in [2.75, 3.05) is 0 Å². The summed E-state index contributed by atoms with van der Waals surface area (Å²) >= 11 is 3.54. The van der Waals surface area contributed by atoms with Gasteiger partial charge in [-0.15, -0.1) is 0 Å². The highest BCUT2D eigenvalue weighted by molar-refractivity contribution is 9.10. The fourth-order valence-electron chi connectivity index (χ4n) is 2.07. The molecule has 0 fully saturated rings. The van der Waals surface area contributed by atoms with Crippen LogP contribution in [0.3, 0.4) is 0 Å². The summed E-state index contributed by atoms with van der Waals surface area (Å²) in [5, 5.41) is 13.6. The molecule has 6 heteroatoms. The summed E-state index contributed by atoms with van der Waals surface area (Å²) in [6, 6.07) is 6.62. The molecule has 0 saturated carbocycles. The van der Waals surface area contributed by atoms with Crippen molar-refractivity contribution in [1.82, 2.24) is 9.78 Å². The van der Waals surface area contributed by atoms with Gasteiger partial charge < -0.3 is 9.84 Å². The minimum atomic E-state index is -0.997. The topological polar surface area (TPSA) is 64.4 Å². The molecule has 0 spiro atoms. The van der Waals surface area contributed by atoms with Crippen LogP contribution < -0.4 is 4.74 Å². The first-order valence-electron chi connectivity index (χ1n) is 6.77. The predicted molar refractivity (Wildman–Crippen MR) is 82.7 cm³/mol. The molecule has 2 aromatic rings. The van der Waals surface area contributed by atoms with Gasteiger partial charge in [-0.25, -0.2) is 4.79 Å². The number of para-hydroxylation sites is 1. The molecule has 0 aliphatic carbocycles. The molecular weight excluding hydrogens is 336 g/mol. The van der Waals surface area contributed by atoms with Crippen molar-refractivity contribution < 1.29 is 14.6 Å². The van der Waals surface area contributed by atoms with E-state index in [4.69, 9.17) is 9.84 Å². The van der Waals surface area contributed by atoms with Crippen LogP contribution in [-0.4, -0.2) is 20.9 Å². The number of aromatic carboxylic acids is 1. The van der Waals surface area contributed by atoms with Gasteiger partial charge in [-0.05, 0) is 41.4 Å². The Morgan fingerprint density at radius 2 is 2.10 bits per heavy atom. The van der Waals surface area contributed by atoms with Crippen molar-refractivity contribution in [3.8, 4) is 5.75 Å². The quantitative estimate of drug-likeness (QED) is 0.863. The summed E-state index contributed by atoms with van der Waals surface area (Å²) < 4.78 is 8.49. The number of rotatable bonds is 6. The van der Waals surface area contributed by atoms with Gasteiger partial charge in [-0.2, -0.15) is 5.10 Å². The molecule has 0 bridgehead atoms. The standard InChI is InChI=1S/C15H17BrN2O3/c1-3-11-14(16)12(18(4-2)17-11)9-21-13-8-6-5-7-10(13)15(19)20/h5-8H,3-4,9H2,1-2H3,(H,19,20). The Morgan fingerprint density at radius 1 is 1.38 bits per heavy atom. The average molecular weight is 353 g/mol. The number of benzene rings is 1. The third-order valence-corrected chi connectivity index (χ3v) is 4.09. The summed E-state index contributed by atoms with van der Waals surface area (Å²) in [5.41, 5.74) is 2.04. The van der Waals surface area contributed by atoms with E-state index in [1.807, 2.05) is 18.5 Å². The number of carbonyl (C=O) groups is 1. The van der Waals surface area contributed by atoms with Gasteiger partial charge in [-0.1, -0.05) is 19.1 Å². The van der Waals surface area contributed by atoms with Gasteiger partial charge in [-0.3, -0.25) is 4.68 Å². The smallest absolute Gasteiger partial charge is 0.339 e. The lowest BCUT2D eigenvalue weighted by Crippen LogP contribution is -2.08. The Bertz CT molecular complexity index is 652. The molecule has 0 saturated heterocycles. The lowest BCUT2D eigenvalue weighted by molar-refractivity contribution is 0.0691. The monoisotopic (exact) mass is 352 g/mol. The third kappa shape index (κ3) is 3.26. The van der Waals surface area contributed by atoms with Crippen LogP contribution in [0.1, 0.15) is 35.6 Å². The maximum Gasteiger partial charge on any atom is 0.339 e. The molecule has 112 valence electrons. The van der Waals surface area contributed by atoms with E-state index in [1.54, 1.807) is 18.2 Å². The van der Waals surface area contributed by atoms with E-state index in [0.717, 1.165) is 28.8 Å². The largest absolute Gasteiger partial charge is 0.486 e. The summed E-state index contributed by atoms with van der Waals surface area (Å²) in [6.07, 6.45) is 0.826. The van der Waals surface area contributed by atoms with Crippen LogP contribution in [0.5, 0.6) is 5.75 Å². The second-order valence-electron chi connectivity index (χ2n) is 4.47. The fraction of sp³-hybridized carbons (Fsp3) is 0.333. The molecular formula is C15H17BrN2O3. The van der Waals surface area contributed by atoms with Crippen molar-refractivity contribution in [1.29, 1.82) is 0 Å². The number of halogens is 1. The van der Waals surface area contributed by atoms with E-state index in [2.05, 4.69) is 21.0 Å². The van der Waals surface area contributed by atoms with E-state index in [9.17, 15) is 4.79 Å². The van der Waals surface area contributed by atoms with Crippen LogP contribution in [0.15, 0.2) is 28.7 Å². The Balaban J connectivity index is 2.25. The zero-order chi connectivity index (χ0) is 15.4. The molecule has 1 heterocycles. The van der Waals surface area contributed by atoms with E-state index in [-0.39, 0.29) is 12.2 Å². The second-order valence-corrected chi connectivity index (χ2v) is 5.26. The van der Waals surface area contributed by atoms with Gasteiger partial charge in [0.15, 0.2) is 0 Å². The molecule has 0 atom stereocenters. The summed E-state index contributed by atoms with van der Waals surface area (Å²) in [4.78, 5) is 11.2. The maximum atomic E-state index is 11.2. The molecule has 0 aliphatic rings. The van der Waals surface area contributed by atoms with Crippen molar-refractivity contribution in [3.63, 3.8) is 0 Å². The third-order valence-electron chi connectivity index (χ3n) is 3.18. The molecule has 1 N–H and O–H groups in total. The highest BCUT2D eigenvalue weighted by Gasteiger charge is 2.16. The average Bonchev–Trinajstić information content (AvgIpc) is 2.80. The van der Waals surface area contributed by atoms with E-state index in [1.165, 1.54) is 6.07 Å². The minimum Gasteiger partial charge on any atom is -0.486 e. The summed E-state index contributed by atoms with van der Waals surface area (Å²) in [6.45, 7) is 5.05. The van der Waals surface area contributed by atoms with Gasteiger partial charge in [0.1, 0.15) is 17.9 Å². The Hall–Kier alpha value is -1.82. The molecule has 5 nitrogen and oxygen atoms in total. The Labute approximate surface area is 131 Å². The van der Waals surface area contributed by atoms with Crippen LogP contribution >= 0.6 is 15.9 Å². The maximum absolute atomic E-state index is 11.2. The van der Waals surface area contributed by atoms with E-state index in [0.29, 0.717) is 5.75 Å². The van der Waals surface area contributed by atoms with Gasteiger partial charge in [0, 0.05) is 6.54 Å². The second kappa shape index (κ2) is 6.76. The fourth-order valence-corrected chi connectivity index (χ4v) is 2.75. The number of aryl methyl sites for hydroxylation is 2. The lowest BCUT2D eigenvalue weighted by Gasteiger charge is -2.10. The molecule has 1 aromatic heterocycles. The van der Waals surface area contributed by atoms with Crippen molar-refractivity contribution in [2.24, 2.45) is 0 Å². The van der Waals surface area contributed by atoms with Crippen LogP contribution in [0.2, 0.25) is 0 Å². The van der Waals surface area contributed by atoms with Gasteiger partial charge in [0.25, 0.3) is 0 Å². The van der Waals surface area contributed by atoms with Gasteiger partial charge >= 0.3 is 5.97 Å². The van der Waals surface area contributed by atoms with E-state index < -0.39 is 5.97 Å². The van der Waals surface area contributed by atoms with Crippen molar-refractivity contribution in [2.45, 2.75) is 33.4 Å². The lowest BCUT2D eigenvalue weighted by atomic mass is 10.2. The number of aromatic nitrogens is 2. The van der Waals surface area contributed by atoms with Gasteiger partial charge in [0.05, 0.1) is 15.9 Å². The van der Waals surface area contributed by atoms with Crippen LogP contribution in [0.4, 0.5) is 0 Å². The SMILES string of the molecule is CCc1nn(CC)c(COc2ccccc2C(=O)O)c1Br. The zero-order valence-corrected chi connectivity index (χ0v) is 13.6. The molecule has 0 unspecified atom stereocenters. The van der Waals surface area contributed by atoms with Crippen LogP contribution in [0.25, 0.3) is 0 Å². The highest BCUT2D eigenvalue weighted by atomic mass is 79.9. The Kier molecular flexibility index (Phi) is 5.01. The number of carboxylic acids is 1. The first-order valence-corrected chi connectivity index (χ1v) is 7.56. The molecule has 0 radical (unpaired) electrons. The van der Waals surface area contributed by atoms with Crippen LogP contribution in [0, 0.1) is 0 Å². The molecule has 0 aliphatic heterocycles. The minimum absolute atomic E-state index is 0.159. The van der Waals surface area contributed by atoms with Crippen molar-refractivity contribution in [3.05, 3.63) is 45.7 Å². The highest BCUT2D eigenvalue weighted by Crippen LogP contribution is 2.25. The number of carboxylic acid groups (broad SMARTS) is 1. The zero-order valence-electron chi connectivity index (χ0n) is 12.0. The van der Waals surface area contributed by atoms with Gasteiger partial charge in [0.2, 0.25) is 0 Å². The number of hydrogen-bond acceptors (Lipinski definition) is 3. The van der Waals surface area contributed by atoms with Crippen molar-refractivity contribution >= 4 is 21.9 Å². The summed E-state index contributed by atoms with van der Waals surface area (Å²) in [7, 11) is 0. The summed E-state index contributed by atoms with van der Waals surface area (Å²) in [5.74, 6) is -0.637. The molecule has 2 rings (SSSR count). The number of ether oxygens (including phenoxy) is 1. The molecule has 0 amide bonds. The normalized spacial score (nSPS) is 10.6.